The molecule has 0 spiro atoms. The van der Waals surface area contributed by atoms with Crippen LogP contribution in [0.2, 0.25) is 0 Å². The number of aromatic nitrogens is 2. The van der Waals surface area contributed by atoms with E-state index in [2.05, 4.69) is 16.0 Å². The number of allylic oxidation sites excluding steroid dienone is 2. The minimum absolute atomic E-state index is 0.0715. The van der Waals surface area contributed by atoms with Crippen molar-refractivity contribution in [3.05, 3.63) is 23.9 Å². The Balaban J connectivity index is 2.36. The zero-order valence-electron chi connectivity index (χ0n) is 7.13. The van der Waals surface area contributed by atoms with Gasteiger partial charge in [-0.2, -0.15) is 0 Å². The van der Waals surface area contributed by atoms with E-state index in [1.54, 1.807) is 0 Å². The third kappa shape index (κ3) is 1.52. The fourth-order valence-corrected chi connectivity index (χ4v) is 1.41. The molecule has 0 amide bonds. The van der Waals surface area contributed by atoms with Gasteiger partial charge in [-0.25, -0.2) is 14.4 Å². The van der Waals surface area contributed by atoms with Crippen molar-refractivity contribution >= 4 is 11.4 Å². The number of hydrogen-bond acceptors (Lipinski definition) is 3. The first kappa shape index (κ1) is 8.16. The summed E-state index contributed by atoms with van der Waals surface area (Å²) in [5.74, 6) is -0.0588. The van der Waals surface area contributed by atoms with E-state index in [4.69, 9.17) is 5.73 Å². The Morgan fingerprint density at radius 2 is 2.31 bits per heavy atom. The van der Waals surface area contributed by atoms with Crippen molar-refractivity contribution in [2.75, 3.05) is 5.73 Å². The van der Waals surface area contributed by atoms with Crippen LogP contribution in [0, 0.1) is 5.82 Å². The number of nitrogen functional groups attached to an aromatic ring is 1. The number of rotatable bonds is 1. The zero-order valence-corrected chi connectivity index (χ0v) is 7.13. The molecule has 13 heavy (non-hydrogen) atoms. The van der Waals surface area contributed by atoms with Gasteiger partial charge in [0.15, 0.2) is 17.5 Å². The number of halogens is 1. The van der Waals surface area contributed by atoms with Gasteiger partial charge in [-0.3, -0.25) is 0 Å². The molecular weight excluding hydrogens is 169 g/mol. The lowest BCUT2D eigenvalue weighted by atomic mass is 10.2. The Bertz CT molecular complexity index is 360. The van der Waals surface area contributed by atoms with Crippen LogP contribution in [0.3, 0.4) is 0 Å². The summed E-state index contributed by atoms with van der Waals surface area (Å²) in [7, 11) is 0. The number of nitrogens with two attached hydrogens (primary N) is 1. The highest BCUT2D eigenvalue weighted by Gasteiger charge is 2.11. The third-order valence-corrected chi connectivity index (χ3v) is 2.10. The maximum atomic E-state index is 12.7. The molecule has 1 heterocycles. The normalized spacial score (nSPS) is 15.9. The monoisotopic (exact) mass is 179 g/mol. The van der Waals surface area contributed by atoms with E-state index in [0.717, 1.165) is 31.0 Å². The highest BCUT2D eigenvalue weighted by molar-refractivity contribution is 5.62. The molecule has 0 saturated heterocycles. The van der Waals surface area contributed by atoms with Gasteiger partial charge in [-0.1, -0.05) is 6.08 Å². The summed E-state index contributed by atoms with van der Waals surface area (Å²) in [6, 6.07) is 0. The molecule has 1 aromatic heterocycles. The van der Waals surface area contributed by atoms with Crippen LogP contribution in [0.5, 0.6) is 0 Å². The van der Waals surface area contributed by atoms with Crippen molar-refractivity contribution in [1.82, 2.24) is 9.97 Å². The summed E-state index contributed by atoms with van der Waals surface area (Å²) in [5.41, 5.74) is 6.41. The highest BCUT2D eigenvalue weighted by Crippen LogP contribution is 2.25. The predicted octanol–water partition coefficient (Wildman–Crippen LogP) is 1.77. The predicted molar refractivity (Wildman–Crippen MR) is 48.2 cm³/mol. The topological polar surface area (TPSA) is 51.8 Å². The van der Waals surface area contributed by atoms with Crippen LogP contribution in [0.25, 0.3) is 5.57 Å². The highest BCUT2D eigenvalue weighted by atomic mass is 19.1. The van der Waals surface area contributed by atoms with Crippen LogP contribution < -0.4 is 5.73 Å². The molecular formula is C9H10FN3. The Kier molecular flexibility index (Phi) is 1.96. The second kappa shape index (κ2) is 3.12. The molecule has 68 valence electrons. The van der Waals surface area contributed by atoms with Crippen molar-refractivity contribution in [2.24, 2.45) is 0 Å². The first-order chi connectivity index (χ1) is 6.27. The van der Waals surface area contributed by atoms with Crippen LogP contribution in [-0.2, 0) is 0 Å². The first-order valence-corrected chi connectivity index (χ1v) is 4.25. The van der Waals surface area contributed by atoms with E-state index in [9.17, 15) is 4.39 Å². The lowest BCUT2D eigenvalue weighted by Gasteiger charge is -2.01. The molecule has 0 fully saturated rings. The Labute approximate surface area is 75.5 Å². The summed E-state index contributed by atoms with van der Waals surface area (Å²) in [4.78, 5) is 7.76. The number of anilines is 1. The Morgan fingerprint density at radius 1 is 1.46 bits per heavy atom. The maximum absolute atomic E-state index is 12.7. The van der Waals surface area contributed by atoms with Gasteiger partial charge in [0.2, 0.25) is 0 Å². The van der Waals surface area contributed by atoms with Crippen LogP contribution in [0.4, 0.5) is 10.2 Å². The smallest absolute Gasteiger partial charge is 0.183 e. The fraction of sp³-hybridized carbons (Fsp3) is 0.333. The van der Waals surface area contributed by atoms with Gasteiger partial charge in [0.05, 0.1) is 6.20 Å². The summed E-state index contributed by atoms with van der Waals surface area (Å²) in [6.07, 6.45) is 6.33. The van der Waals surface area contributed by atoms with Gasteiger partial charge in [0.1, 0.15) is 0 Å². The fourth-order valence-electron chi connectivity index (χ4n) is 1.41. The summed E-state index contributed by atoms with van der Waals surface area (Å²) in [6.45, 7) is 0. The molecule has 1 aliphatic carbocycles. The van der Waals surface area contributed by atoms with Crippen molar-refractivity contribution < 1.29 is 4.39 Å². The molecule has 0 saturated carbocycles. The largest absolute Gasteiger partial charge is 0.381 e. The van der Waals surface area contributed by atoms with Gasteiger partial charge in [-0.05, 0) is 24.8 Å². The number of nitrogens with zero attached hydrogens (tertiary/aromatic N) is 2. The molecule has 3 nitrogen and oxygen atoms in total. The average Bonchev–Trinajstić information content (AvgIpc) is 2.62. The molecule has 0 bridgehead atoms. The van der Waals surface area contributed by atoms with Crippen molar-refractivity contribution in [1.29, 1.82) is 0 Å². The maximum Gasteiger partial charge on any atom is 0.183 e. The first-order valence-electron chi connectivity index (χ1n) is 4.25. The van der Waals surface area contributed by atoms with Crippen LogP contribution >= 0.6 is 0 Å². The van der Waals surface area contributed by atoms with E-state index in [1.807, 2.05) is 0 Å². The molecule has 0 radical (unpaired) electrons. The van der Waals surface area contributed by atoms with E-state index in [0.29, 0.717) is 5.82 Å². The van der Waals surface area contributed by atoms with Crippen LogP contribution in [0.1, 0.15) is 25.1 Å². The third-order valence-electron chi connectivity index (χ3n) is 2.10. The van der Waals surface area contributed by atoms with E-state index >= 15 is 0 Å². The van der Waals surface area contributed by atoms with Gasteiger partial charge < -0.3 is 5.73 Å². The van der Waals surface area contributed by atoms with Gasteiger partial charge >= 0.3 is 0 Å². The summed E-state index contributed by atoms with van der Waals surface area (Å²) in [5, 5.41) is 0. The molecule has 0 unspecified atom stereocenters. The van der Waals surface area contributed by atoms with Gasteiger partial charge in [-0.15, -0.1) is 0 Å². The van der Waals surface area contributed by atoms with Crippen LogP contribution in [0.15, 0.2) is 12.3 Å². The van der Waals surface area contributed by atoms with E-state index in [1.165, 1.54) is 0 Å². The molecule has 0 aromatic carbocycles. The second-order valence-electron chi connectivity index (χ2n) is 3.05. The van der Waals surface area contributed by atoms with Crippen molar-refractivity contribution in [2.45, 2.75) is 19.3 Å². The molecule has 2 rings (SSSR count). The summed E-state index contributed by atoms with van der Waals surface area (Å²) >= 11 is 0. The van der Waals surface area contributed by atoms with Gasteiger partial charge in [0.25, 0.3) is 0 Å². The lowest BCUT2D eigenvalue weighted by Crippen LogP contribution is -2.00. The molecule has 2 N–H and O–H groups in total. The van der Waals surface area contributed by atoms with Crippen molar-refractivity contribution in [3.8, 4) is 0 Å². The molecule has 0 aliphatic heterocycles. The Hall–Kier alpha value is -1.45. The minimum Gasteiger partial charge on any atom is -0.381 e. The zero-order chi connectivity index (χ0) is 9.26. The van der Waals surface area contributed by atoms with Crippen molar-refractivity contribution in [3.63, 3.8) is 0 Å². The van der Waals surface area contributed by atoms with E-state index in [-0.39, 0.29) is 5.82 Å². The second-order valence-corrected chi connectivity index (χ2v) is 3.05. The lowest BCUT2D eigenvalue weighted by molar-refractivity contribution is 0.618. The van der Waals surface area contributed by atoms with Crippen LogP contribution in [-0.4, -0.2) is 9.97 Å². The summed E-state index contributed by atoms with van der Waals surface area (Å²) < 4.78 is 12.7. The SMILES string of the molecule is Nc1nc(C2=CCCC2)ncc1F. The molecule has 1 aromatic rings. The standard InChI is InChI=1S/C9H10FN3/c10-7-5-12-9(13-8(7)11)6-3-1-2-4-6/h3,5H,1-2,4H2,(H2,11,12,13). The number of hydrogen-bond donors (Lipinski definition) is 1. The molecule has 4 heteroatoms. The quantitative estimate of drug-likeness (QED) is 0.714. The van der Waals surface area contributed by atoms with Gasteiger partial charge in [0, 0.05) is 0 Å². The minimum atomic E-state index is -0.553. The molecule has 0 atom stereocenters. The average molecular weight is 179 g/mol. The van der Waals surface area contributed by atoms with E-state index < -0.39 is 5.82 Å². The molecule has 1 aliphatic rings. The Morgan fingerprint density at radius 3 is 2.92 bits per heavy atom.